The second kappa shape index (κ2) is 10.3. The Balaban J connectivity index is 1.85. The van der Waals surface area contributed by atoms with Gasteiger partial charge in [-0.15, -0.1) is 5.10 Å². The molecule has 1 N–H and O–H groups in total. The van der Waals surface area contributed by atoms with Gasteiger partial charge in [0.2, 0.25) is 11.8 Å². The van der Waals surface area contributed by atoms with Gasteiger partial charge in [0, 0.05) is 5.54 Å². The monoisotopic (exact) mass is 487 g/mol. The number of amides is 2. The molecule has 1 heterocycles. The van der Waals surface area contributed by atoms with E-state index in [2.05, 4.69) is 15.6 Å². The molecule has 0 unspecified atom stereocenters. The van der Waals surface area contributed by atoms with Crippen molar-refractivity contribution in [3.8, 4) is 0 Å². The normalized spacial score (nSPS) is 12.4. The van der Waals surface area contributed by atoms with Crippen LogP contribution in [0.25, 0.3) is 11.0 Å². The lowest BCUT2D eigenvalue weighted by atomic mass is 9.95. The molecule has 4 rings (SSSR count). The van der Waals surface area contributed by atoms with Crippen molar-refractivity contribution in [3.63, 3.8) is 0 Å². The molecule has 4 aromatic rings. The van der Waals surface area contributed by atoms with Crippen LogP contribution >= 0.6 is 0 Å². The summed E-state index contributed by atoms with van der Waals surface area (Å²) in [5.41, 5.74) is 2.23. The molecule has 0 bridgehead atoms. The molecule has 0 saturated heterocycles. The zero-order valence-corrected chi connectivity index (χ0v) is 20.9. The average molecular weight is 488 g/mol. The van der Waals surface area contributed by atoms with Gasteiger partial charge in [0.15, 0.2) is 0 Å². The number of carbonyl (C=O) groups is 2. The predicted molar refractivity (Wildman–Crippen MR) is 138 cm³/mol. The van der Waals surface area contributed by atoms with Crippen LogP contribution in [0.3, 0.4) is 0 Å². The van der Waals surface area contributed by atoms with Crippen LogP contribution in [-0.2, 0) is 16.1 Å². The Morgan fingerprint density at radius 2 is 1.69 bits per heavy atom. The largest absolute Gasteiger partial charge is 0.349 e. The lowest BCUT2D eigenvalue weighted by Crippen LogP contribution is -2.51. The minimum absolute atomic E-state index is 0.0182. The third-order valence-electron chi connectivity index (χ3n) is 6.42. The van der Waals surface area contributed by atoms with Crippen LogP contribution in [0.15, 0.2) is 72.8 Å². The maximum Gasteiger partial charge on any atom is 0.249 e. The van der Waals surface area contributed by atoms with Crippen molar-refractivity contribution in [2.75, 3.05) is 4.90 Å². The Morgan fingerprint density at radius 3 is 2.42 bits per heavy atom. The molecule has 1 atom stereocenters. The number of anilines is 1. The number of nitrogens with one attached hydrogen (secondary N) is 1. The summed E-state index contributed by atoms with van der Waals surface area (Å²) in [6, 6.07) is 19.5. The molecule has 2 amide bonds. The summed E-state index contributed by atoms with van der Waals surface area (Å²) >= 11 is 0. The van der Waals surface area contributed by atoms with E-state index in [9.17, 15) is 9.59 Å². The van der Waals surface area contributed by atoms with Crippen LogP contribution in [-0.4, -0.2) is 32.3 Å². The van der Waals surface area contributed by atoms with E-state index in [4.69, 9.17) is 0 Å². The zero-order chi connectivity index (χ0) is 25.9. The number of halogens is 1. The third-order valence-corrected chi connectivity index (χ3v) is 6.42. The fraction of sp³-hybridized carbons (Fsp3) is 0.286. The first-order valence-electron chi connectivity index (χ1n) is 11.9. The molecule has 0 aliphatic heterocycles. The quantitative estimate of drug-likeness (QED) is 0.381. The standard InChI is InChI=1S/C28H30FN5O2/c1-5-28(3,4)30-27(36)26(20-13-7-6-12-19(20)2)34(23-16-10-8-14-21(23)29)25(35)18-33-24-17-11-9-15-22(24)31-32-33/h6-17,26H,5,18H2,1-4H3,(H,30,36)/t26-/m1/s1. The van der Waals surface area contributed by atoms with E-state index in [0.29, 0.717) is 23.0 Å². The predicted octanol–water partition coefficient (Wildman–Crippen LogP) is 4.96. The molecular weight excluding hydrogens is 457 g/mol. The van der Waals surface area contributed by atoms with Gasteiger partial charge >= 0.3 is 0 Å². The molecule has 8 heteroatoms. The first-order chi connectivity index (χ1) is 17.2. The van der Waals surface area contributed by atoms with E-state index in [1.54, 1.807) is 24.3 Å². The van der Waals surface area contributed by atoms with Crippen molar-refractivity contribution in [2.45, 2.75) is 52.2 Å². The molecule has 0 fully saturated rings. The molecule has 7 nitrogen and oxygen atoms in total. The summed E-state index contributed by atoms with van der Waals surface area (Å²) in [5, 5.41) is 11.3. The fourth-order valence-corrected chi connectivity index (χ4v) is 4.08. The Labute approximate surface area is 209 Å². The van der Waals surface area contributed by atoms with Crippen LogP contribution in [0.4, 0.5) is 10.1 Å². The zero-order valence-electron chi connectivity index (χ0n) is 20.9. The van der Waals surface area contributed by atoms with Gasteiger partial charge in [-0.3, -0.25) is 14.5 Å². The van der Waals surface area contributed by atoms with Gasteiger partial charge in [0.05, 0.1) is 11.2 Å². The highest BCUT2D eigenvalue weighted by Gasteiger charge is 2.37. The number of hydrogen-bond acceptors (Lipinski definition) is 4. The minimum Gasteiger partial charge on any atom is -0.349 e. The minimum atomic E-state index is -1.10. The van der Waals surface area contributed by atoms with E-state index in [0.717, 1.165) is 5.56 Å². The van der Waals surface area contributed by atoms with E-state index >= 15 is 4.39 Å². The molecule has 1 aromatic heterocycles. The maximum absolute atomic E-state index is 15.2. The summed E-state index contributed by atoms with van der Waals surface area (Å²) in [5.74, 6) is -1.49. The van der Waals surface area contributed by atoms with Crippen LogP contribution in [0, 0.1) is 12.7 Å². The maximum atomic E-state index is 15.2. The van der Waals surface area contributed by atoms with Gasteiger partial charge in [-0.25, -0.2) is 9.07 Å². The Bertz CT molecular complexity index is 1400. The summed E-state index contributed by atoms with van der Waals surface area (Å²) < 4.78 is 16.7. The first kappa shape index (κ1) is 25.0. The van der Waals surface area contributed by atoms with Crippen molar-refractivity contribution in [1.29, 1.82) is 0 Å². The highest BCUT2D eigenvalue weighted by molar-refractivity contribution is 6.02. The molecular formula is C28H30FN5O2. The number of nitrogens with zero attached hydrogens (tertiary/aromatic N) is 4. The second-order valence-electron chi connectivity index (χ2n) is 9.44. The molecule has 0 radical (unpaired) electrons. The summed E-state index contributed by atoms with van der Waals surface area (Å²) in [6.45, 7) is 7.45. The molecule has 0 aliphatic carbocycles. The molecule has 3 aromatic carbocycles. The Kier molecular flexibility index (Phi) is 7.15. The van der Waals surface area contributed by atoms with Gasteiger partial charge in [0.1, 0.15) is 23.9 Å². The van der Waals surface area contributed by atoms with E-state index in [1.165, 1.54) is 21.7 Å². The number of carbonyl (C=O) groups excluding carboxylic acids is 2. The topological polar surface area (TPSA) is 80.1 Å². The van der Waals surface area contributed by atoms with Crippen molar-refractivity contribution in [1.82, 2.24) is 20.3 Å². The lowest BCUT2D eigenvalue weighted by molar-refractivity contribution is -0.128. The van der Waals surface area contributed by atoms with Crippen LogP contribution in [0.2, 0.25) is 0 Å². The third kappa shape index (κ3) is 5.12. The van der Waals surface area contributed by atoms with Gasteiger partial charge < -0.3 is 5.32 Å². The summed E-state index contributed by atoms with van der Waals surface area (Å²) in [7, 11) is 0. The van der Waals surface area contributed by atoms with Crippen LogP contribution < -0.4 is 10.2 Å². The average Bonchev–Trinajstić information content (AvgIpc) is 3.26. The highest BCUT2D eigenvalue weighted by Crippen LogP contribution is 2.32. The number of benzene rings is 3. The smallest absolute Gasteiger partial charge is 0.249 e. The van der Waals surface area contributed by atoms with E-state index < -0.39 is 29.2 Å². The summed E-state index contributed by atoms with van der Waals surface area (Å²) in [4.78, 5) is 29.1. The summed E-state index contributed by atoms with van der Waals surface area (Å²) in [6.07, 6.45) is 0.678. The number of fused-ring (bicyclic) bond motifs is 1. The molecule has 0 spiro atoms. The van der Waals surface area contributed by atoms with Crippen LogP contribution in [0.5, 0.6) is 0 Å². The van der Waals surface area contributed by atoms with Gasteiger partial charge in [-0.1, -0.05) is 60.7 Å². The van der Waals surface area contributed by atoms with E-state index in [1.807, 2.05) is 64.1 Å². The first-order valence-corrected chi connectivity index (χ1v) is 11.9. The molecule has 186 valence electrons. The number of rotatable bonds is 8. The van der Waals surface area contributed by atoms with Crippen molar-refractivity contribution in [2.24, 2.45) is 0 Å². The molecule has 36 heavy (non-hydrogen) atoms. The number of aromatic nitrogens is 3. The second-order valence-corrected chi connectivity index (χ2v) is 9.44. The lowest BCUT2D eigenvalue weighted by Gasteiger charge is -2.35. The van der Waals surface area contributed by atoms with Gasteiger partial charge in [-0.05, 0) is 62.6 Å². The highest BCUT2D eigenvalue weighted by atomic mass is 19.1. The SMILES string of the molecule is CCC(C)(C)NC(=O)[C@@H](c1ccccc1C)N(C(=O)Cn1nnc2ccccc21)c1ccccc1F. The number of hydrogen-bond donors (Lipinski definition) is 1. The van der Waals surface area contributed by atoms with Gasteiger partial charge in [0.25, 0.3) is 0 Å². The molecule has 0 saturated carbocycles. The van der Waals surface area contributed by atoms with E-state index in [-0.39, 0.29) is 12.2 Å². The number of para-hydroxylation sites is 2. The Hall–Kier alpha value is -4.07. The van der Waals surface area contributed by atoms with Crippen molar-refractivity contribution < 1.29 is 14.0 Å². The van der Waals surface area contributed by atoms with Crippen LogP contribution in [0.1, 0.15) is 44.4 Å². The molecule has 0 aliphatic rings. The van der Waals surface area contributed by atoms with Crippen molar-refractivity contribution in [3.05, 3.63) is 89.7 Å². The fourth-order valence-electron chi connectivity index (χ4n) is 4.08. The Morgan fingerprint density at radius 1 is 1.03 bits per heavy atom. The number of aryl methyl sites for hydroxylation is 1. The van der Waals surface area contributed by atoms with Gasteiger partial charge in [-0.2, -0.15) is 0 Å². The van der Waals surface area contributed by atoms with Crippen molar-refractivity contribution >= 4 is 28.5 Å².